The number of hydrazone groups is 1. The van der Waals surface area contributed by atoms with Crippen molar-refractivity contribution < 1.29 is 14.6 Å². The van der Waals surface area contributed by atoms with Gasteiger partial charge in [0, 0.05) is 0 Å². The third kappa shape index (κ3) is 4.35. The van der Waals surface area contributed by atoms with Crippen LogP contribution < -0.4 is 10.2 Å². The summed E-state index contributed by atoms with van der Waals surface area (Å²) in [6, 6.07) is 14.3. The van der Waals surface area contributed by atoms with Gasteiger partial charge in [0.05, 0.1) is 19.7 Å². The van der Waals surface area contributed by atoms with E-state index >= 15 is 0 Å². The summed E-state index contributed by atoms with van der Waals surface area (Å²) >= 11 is 0. The molecular formula is C16H16N2O3. The largest absolute Gasteiger partial charge is 0.504 e. The van der Waals surface area contributed by atoms with Crippen molar-refractivity contribution in [2.24, 2.45) is 5.10 Å². The van der Waals surface area contributed by atoms with Gasteiger partial charge in [-0.2, -0.15) is 5.10 Å². The Morgan fingerprint density at radius 3 is 2.71 bits per heavy atom. The van der Waals surface area contributed by atoms with Crippen molar-refractivity contribution in [2.45, 2.75) is 6.42 Å². The van der Waals surface area contributed by atoms with Crippen molar-refractivity contribution >= 4 is 12.1 Å². The summed E-state index contributed by atoms with van der Waals surface area (Å²) in [4.78, 5) is 11.7. The van der Waals surface area contributed by atoms with Crippen LogP contribution in [0.2, 0.25) is 0 Å². The number of carbonyl (C=O) groups is 1. The predicted molar refractivity (Wildman–Crippen MR) is 80.5 cm³/mol. The Hall–Kier alpha value is -2.82. The highest BCUT2D eigenvalue weighted by Crippen LogP contribution is 2.25. The molecule has 2 rings (SSSR count). The molecule has 0 aliphatic heterocycles. The maximum Gasteiger partial charge on any atom is 0.244 e. The maximum absolute atomic E-state index is 11.7. The topological polar surface area (TPSA) is 70.9 Å². The molecule has 0 saturated heterocycles. The molecule has 0 atom stereocenters. The number of phenolic OH excluding ortho intramolecular Hbond substituents is 1. The molecule has 108 valence electrons. The van der Waals surface area contributed by atoms with Crippen LogP contribution in [-0.4, -0.2) is 24.3 Å². The number of methoxy groups -OCH3 is 1. The van der Waals surface area contributed by atoms with Gasteiger partial charge in [-0.3, -0.25) is 4.79 Å². The highest BCUT2D eigenvalue weighted by atomic mass is 16.5. The van der Waals surface area contributed by atoms with Crippen molar-refractivity contribution in [3.05, 3.63) is 59.7 Å². The molecule has 0 unspecified atom stereocenters. The molecule has 0 aliphatic carbocycles. The zero-order valence-electron chi connectivity index (χ0n) is 11.6. The van der Waals surface area contributed by atoms with Crippen LogP contribution in [-0.2, 0) is 11.2 Å². The summed E-state index contributed by atoms with van der Waals surface area (Å²) in [7, 11) is 1.48. The second kappa shape index (κ2) is 7.09. The summed E-state index contributed by atoms with van der Waals surface area (Å²) in [6.07, 6.45) is 1.73. The van der Waals surface area contributed by atoms with Crippen molar-refractivity contribution in [2.75, 3.05) is 7.11 Å². The Morgan fingerprint density at radius 1 is 1.29 bits per heavy atom. The molecule has 1 amide bonds. The van der Waals surface area contributed by atoms with Gasteiger partial charge in [0.1, 0.15) is 0 Å². The van der Waals surface area contributed by atoms with E-state index < -0.39 is 0 Å². The Kier molecular flexibility index (Phi) is 4.93. The van der Waals surface area contributed by atoms with Gasteiger partial charge in [-0.1, -0.05) is 30.3 Å². The lowest BCUT2D eigenvalue weighted by Gasteiger charge is -2.03. The van der Waals surface area contributed by atoms with Crippen LogP contribution in [0.25, 0.3) is 0 Å². The number of nitrogens with zero attached hydrogens (tertiary/aromatic N) is 1. The first-order valence-electron chi connectivity index (χ1n) is 6.42. The van der Waals surface area contributed by atoms with Crippen LogP contribution in [0.5, 0.6) is 11.5 Å². The minimum atomic E-state index is -0.199. The van der Waals surface area contributed by atoms with Crippen molar-refractivity contribution in [3.8, 4) is 11.5 Å². The van der Waals surface area contributed by atoms with Gasteiger partial charge in [0.2, 0.25) is 5.91 Å². The molecule has 0 heterocycles. The highest BCUT2D eigenvalue weighted by molar-refractivity contribution is 5.83. The lowest BCUT2D eigenvalue weighted by molar-refractivity contribution is -0.120. The second-order valence-corrected chi connectivity index (χ2v) is 4.39. The van der Waals surface area contributed by atoms with Crippen LogP contribution in [0.1, 0.15) is 11.1 Å². The van der Waals surface area contributed by atoms with Gasteiger partial charge in [-0.15, -0.1) is 0 Å². The smallest absolute Gasteiger partial charge is 0.244 e. The monoisotopic (exact) mass is 284 g/mol. The fraction of sp³-hybridized carbons (Fsp3) is 0.125. The van der Waals surface area contributed by atoms with Gasteiger partial charge in [0.15, 0.2) is 11.5 Å². The number of phenols is 1. The Balaban J connectivity index is 1.90. The molecular weight excluding hydrogens is 268 g/mol. The molecule has 21 heavy (non-hydrogen) atoms. The quantitative estimate of drug-likeness (QED) is 0.652. The summed E-state index contributed by atoms with van der Waals surface area (Å²) in [5, 5.41) is 13.5. The van der Waals surface area contributed by atoms with Crippen molar-refractivity contribution in [3.63, 3.8) is 0 Å². The molecule has 2 N–H and O–H groups in total. The number of hydrogen-bond donors (Lipinski definition) is 2. The number of amides is 1. The Bertz CT molecular complexity index is 639. The number of rotatable bonds is 5. The minimum Gasteiger partial charge on any atom is -0.504 e. The Labute approximate surface area is 122 Å². The third-order valence-corrected chi connectivity index (χ3v) is 2.81. The van der Waals surface area contributed by atoms with E-state index in [4.69, 9.17) is 4.74 Å². The lowest BCUT2D eigenvalue weighted by Crippen LogP contribution is -2.19. The van der Waals surface area contributed by atoms with E-state index in [9.17, 15) is 9.90 Å². The van der Waals surface area contributed by atoms with Gasteiger partial charge in [0.25, 0.3) is 0 Å². The van der Waals surface area contributed by atoms with Gasteiger partial charge in [-0.25, -0.2) is 5.43 Å². The average molecular weight is 284 g/mol. The summed E-state index contributed by atoms with van der Waals surface area (Å²) in [5.74, 6) is 0.215. The number of hydrogen-bond acceptors (Lipinski definition) is 4. The first kappa shape index (κ1) is 14.6. The predicted octanol–water partition coefficient (Wildman–Crippen LogP) is 2.09. The Morgan fingerprint density at radius 2 is 2.05 bits per heavy atom. The summed E-state index contributed by atoms with van der Waals surface area (Å²) in [5.41, 5.74) is 4.03. The number of aromatic hydroxyl groups is 1. The van der Waals surface area contributed by atoms with E-state index in [2.05, 4.69) is 10.5 Å². The van der Waals surface area contributed by atoms with Crippen molar-refractivity contribution in [1.82, 2.24) is 5.43 Å². The van der Waals surface area contributed by atoms with Gasteiger partial charge in [-0.05, 0) is 29.3 Å². The van der Waals surface area contributed by atoms with Gasteiger partial charge >= 0.3 is 0 Å². The van der Waals surface area contributed by atoms with Crippen LogP contribution in [0, 0.1) is 0 Å². The van der Waals surface area contributed by atoms with Gasteiger partial charge < -0.3 is 9.84 Å². The number of carbonyl (C=O) groups excluding carboxylic acids is 1. The molecule has 0 spiro atoms. The van der Waals surface area contributed by atoms with E-state index in [1.165, 1.54) is 19.4 Å². The minimum absolute atomic E-state index is 0.0251. The molecule has 2 aromatic carbocycles. The van der Waals surface area contributed by atoms with Crippen molar-refractivity contribution in [1.29, 1.82) is 0 Å². The van der Waals surface area contributed by atoms with E-state index in [0.717, 1.165) is 5.56 Å². The maximum atomic E-state index is 11.7. The van der Waals surface area contributed by atoms with Crippen LogP contribution in [0.4, 0.5) is 0 Å². The fourth-order valence-electron chi connectivity index (χ4n) is 1.79. The molecule has 0 bridgehead atoms. The molecule has 5 nitrogen and oxygen atoms in total. The third-order valence-electron chi connectivity index (χ3n) is 2.81. The fourth-order valence-corrected chi connectivity index (χ4v) is 1.79. The molecule has 2 aromatic rings. The van der Waals surface area contributed by atoms with Crippen LogP contribution >= 0.6 is 0 Å². The van der Waals surface area contributed by atoms with E-state index in [0.29, 0.717) is 11.3 Å². The normalized spacial score (nSPS) is 10.5. The van der Waals surface area contributed by atoms with E-state index in [1.807, 2.05) is 30.3 Å². The zero-order chi connectivity index (χ0) is 15.1. The molecule has 0 saturated carbocycles. The first-order valence-corrected chi connectivity index (χ1v) is 6.42. The molecule has 0 radical (unpaired) electrons. The molecule has 0 aliphatic rings. The van der Waals surface area contributed by atoms with Crippen LogP contribution in [0.15, 0.2) is 53.6 Å². The molecule has 0 fully saturated rings. The SMILES string of the molecule is COc1ccc(/C=N/NC(=O)Cc2ccccc2)cc1O. The summed E-state index contributed by atoms with van der Waals surface area (Å²) in [6.45, 7) is 0. The highest BCUT2D eigenvalue weighted by Gasteiger charge is 2.02. The number of ether oxygens (including phenoxy) is 1. The number of nitrogens with one attached hydrogen (secondary N) is 1. The van der Waals surface area contributed by atoms with E-state index in [1.54, 1.807) is 12.1 Å². The molecule has 5 heteroatoms. The molecule has 0 aromatic heterocycles. The van der Waals surface area contributed by atoms with Crippen LogP contribution in [0.3, 0.4) is 0 Å². The average Bonchev–Trinajstić information content (AvgIpc) is 2.48. The lowest BCUT2D eigenvalue weighted by atomic mass is 10.1. The second-order valence-electron chi connectivity index (χ2n) is 4.39. The summed E-state index contributed by atoms with van der Waals surface area (Å²) < 4.78 is 4.94. The first-order chi connectivity index (χ1) is 10.2. The zero-order valence-corrected chi connectivity index (χ0v) is 11.6. The standard InChI is InChI=1S/C16H16N2O3/c1-21-15-8-7-13(9-14(15)19)11-17-18-16(20)10-12-5-3-2-4-6-12/h2-9,11,19H,10H2,1H3,(H,18,20)/b17-11+. The van der Waals surface area contributed by atoms with E-state index in [-0.39, 0.29) is 18.1 Å². The number of benzene rings is 2.